The van der Waals surface area contributed by atoms with E-state index in [4.69, 9.17) is 18.6 Å². The van der Waals surface area contributed by atoms with Crippen molar-refractivity contribution < 1.29 is 38.1 Å². The number of amides is 1. The van der Waals surface area contributed by atoms with Crippen LogP contribution in [0.5, 0.6) is 17.2 Å². The SMILES string of the molecule is COc1cc([C@H]2C3=C(C[C@@H](c4ccco4)CC3=O)Nc3ccccc3N2C(=O)CCC(=O)O)cc(OC)c1OC. The molecule has 2 aliphatic rings. The molecule has 208 valence electrons. The Balaban J connectivity index is 1.75. The lowest BCUT2D eigenvalue weighted by molar-refractivity contribution is -0.138. The van der Waals surface area contributed by atoms with Gasteiger partial charge in [0.15, 0.2) is 17.3 Å². The van der Waals surface area contributed by atoms with Crippen molar-refractivity contribution in [3.8, 4) is 17.2 Å². The van der Waals surface area contributed by atoms with Crippen LogP contribution >= 0.6 is 0 Å². The first-order valence-corrected chi connectivity index (χ1v) is 12.9. The maximum Gasteiger partial charge on any atom is 0.303 e. The first kappa shape index (κ1) is 26.9. The van der Waals surface area contributed by atoms with Crippen LogP contribution in [0.3, 0.4) is 0 Å². The summed E-state index contributed by atoms with van der Waals surface area (Å²) in [6.45, 7) is 0. The Kier molecular flexibility index (Phi) is 7.50. The predicted octanol–water partition coefficient (Wildman–Crippen LogP) is 5.07. The van der Waals surface area contributed by atoms with Gasteiger partial charge in [0.25, 0.3) is 0 Å². The Hall–Kier alpha value is -4.73. The fourth-order valence-corrected chi connectivity index (χ4v) is 5.50. The number of ether oxygens (including phenoxy) is 3. The number of carbonyl (C=O) groups excluding carboxylic acids is 2. The average molecular weight is 547 g/mol. The molecule has 0 fully saturated rings. The molecule has 2 N–H and O–H groups in total. The normalized spacial score (nSPS) is 18.3. The zero-order valence-electron chi connectivity index (χ0n) is 22.4. The summed E-state index contributed by atoms with van der Waals surface area (Å²) in [6, 6.07) is 13.4. The summed E-state index contributed by atoms with van der Waals surface area (Å²) in [5.41, 5.74) is 2.78. The van der Waals surface area contributed by atoms with Crippen molar-refractivity contribution in [3.05, 3.63) is 77.4 Å². The second-order valence-electron chi connectivity index (χ2n) is 9.60. The first-order valence-electron chi connectivity index (χ1n) is 12.9. The molecule has 0 radical (unpaired) electrons. The van der Waals surface area contributed by atoms with Gasteiger partial charge in [0.2, 0.25) is 11.7 Å². The summed E-state index contributed by atoms with van der Waals surface area (Å²) in [6.07, 6.45) is 1.63. The lowest BCUT2D eigenvalue weighted by Crippen LogP contribution is -2.38. The molecule has 0 unspecified atom stereocenters. The van der Waals surface area contributed by atoms with Crippen molar-refractivity contribution in [1.29, 1.82) is 0 Å². The van der Waals surface area contributed by atoms with E-state index in [1.165, 1.54) is 26.2 Å². The number of hydrogen-bond donors (Lipinski definition) is 2. The zero-order valence-corrected chi connectivity index (χ0v) is 22.4. The third kappa shape index (κ3) is 4.88. The number of allylic oxidation sites excluding steroid dienone is 1. The number of carboxylic acids is 1. The van der Waals surface area contributed by atoms with Gasteiger partial charge in [-0.2, -0.15) is 0 Å². The molecular weight excluding hydrogens is 516 g/mol. The van der Waals surface area contributed by atoms with Crippen LogP contribution in [0.25, 0.3) is 0 Å². The summed E-state index contributed by atoms with van der Waals surface area (Å²) < 4.78 is 22.3. The quantitative estimate of drug-likeness (QED) is 0.398. The fraction of sp³-hybridized carbons (Fsp3) is 0.300. The highest BCUT2D eigenvalue weighted by atomic mass is 16.5. The van der Waals surface area contributed by atoms with Gasteiger partial charge in [-0.3, -0.25) is 19.3 Å². The van der Waals surface area contributed by atoms with Crippen LogP contribution in [0.4, 0.5) is 11.4 Å². The Labute approximate surface area is 231 Å². The standard InChI is InChI=1S/C30H30N2O8/c1-37-24-15-18(16-25(38-2)30(24)39-3)29-28-20(13-17(14-22(28)33)23-9-6-12-40-23)31-19-7-4-5-8-21(19)32(29)26(34)10-11-27(35)36/h4-9,12,15-17,29,31H,10-11,13-14H2,1-3H3,(H,35,36)/t17-,29+/m1/s1. The molecule has 0 saturated heterocycles. The molecule has 1 aliphatic heterocycles. The number of para-hydroxylation sites is 2. The highest BCUT2D eigenvalue weighted by Crippen LogP contribution is 2.50. The number of methoxy groups -OCH3 is 3. The minimum Gasteiger partial charge on any atom is -0.493 e. The predicted molar refractivity (Wildman–Crippen MR) is 146 cm³/mol. The van der Waals surface area contributed by atoms with Crippen molar-refractivity contribution in [2.45, 2.75) is 37.6 Å². The van der Waals surface area contributed by atoms with Gasteiger partial charge in [0.1, 0.15) is 5.76 Å². The number of benzene rings is 2. The van der Waals surface area contributed by atoms with E-state index in [1.807, 2.05) is 18.2 Å². The first-order chi connectivity index (χ1) is 19.4. The van der Waals surface area contributed by atoms with Crippen LogP contribution in [-0.2, 0) is 14.4 Å². The zero-order chi connectivity index (χ0) is 28.4. The Morgan fingerprint density at radius 1 is 1.00 bits per heavy atom. The summed E-state index contributed by atoms with van der Waals surface area (Å²) in [5.74, 6) is -0.0737. The van der Waals surface area contributed by atoms with Crippen LogP contribution in [0.2, 0.25) is 0 Å². The lowest BCUT2D eigenvalue weighted by atomic mass is 9.80. The summed E-state index contributed by atoms with van der Waals surface area (Å²) in [4.78, 5) is 40.8. The molecule has 5 rings (SSSR count). The Morgan fingerprint density at radius 2 is 1.73 bits per heavy atom. The van der Waals surface area contributed by atoms with E-state index in [-0.39, 0.29) is 31.0 Å². The van der Waals surface area contributed by atoms with Gasteiger partial charge in [-0.25, -0.2) is 0 Å². The average Bonchev–Trinajstić information content (AvgIpc) is 3.45. The number of nitrogens with zero attached hydrogens (tertiary/aromatic N) is 1. The molecule has 2 atom stereocenters. The molecule has 10 heteroatoms. The smallest absolute Gasteiger partial charge is 0.303 e. The minimum atomic E-state index is -1.09. The molecule has 1 aromatic heterocycles. The van der Waals surface area contributed by atoms with Crippen molar-refractivity contribution in [2.24, 2.45) is 0 Å². The second kappa shape index (κ2) is 11.2. The molecular formula is C30H30N2O8. The third-order valence-electron chi connectivity index (χ3n) is 7.26. The number of furan rings is 1. The lowest BCUT2D eigenvalue weighted by Gasteiger charge is -2.35. The molecule has 40 heavy (non-hydrogen) atoms. The van der Waals surface area contributed by atoms with Crippen LogP contribution in [0, 0.1) is 0 Å². The van der Waals surface area contributed by atoms with E-state index in [1.54, 1.807) is 36.6 Å². The minimum absolute atomic E-state index is 0.155. The van der Waals surface area contributed by atoms with E-state index >= 15 is 0 Å². The second-order valence-corrected chi connectivity index (χ2v) is 9.60. The highest BCUT2D eigenvalue weighted by Gasteiger charge is 2.42. The van der Waals surface area contributed by atoms with Crippen molar-refractivity contribution >= 4 is 29.0 Å². The maximum absolute atomic E-state index is 14.0. The van der Waals surface area contributed by atoms with E-state index in [2.05, 4.69) is 5.32 Å². The van der Waals surface area contributed by atoms with E-state index in [0.717, 1.165) is 0 Å². The summed E-state index contributed by atoms with van der Waals surface area (Å²) >= 11 is 0. The summed E-state index contributed by atoms with van der Waals surface area (Å²) in [7, 11) is 4.48. The van der Waals surface area contributed by atoms with Gasteiger partial charge in [0, 0.05) is 30.0 Å². The maximum atomic E-state index is 14.0. The van der Waals surface area contributed by atoms with Gasteiger partial charge in [-0.1, -0.05) is 12.1 Å². The Morgan fingerprint density at radius 3 is 2.35 bits per heavy atom. The van der Waals surface area contributed by atoms with Gasteiger partial charge in [0.05, 0.1) is 51.4 Å². The van der Waals surface area contributed by atoms with Crippen LogP contribution in [-0.4, -0.2) is 44.1 Å². The molecule has 2 aromatic carbocycles. The monoisotopic (exact) mass is 546 g/mol. The number of hydrogen-bond acceptors (Lipinski definition) is 8. The van der Waals surface area contributed by atoms with Crippen LogP contribution in [0.1, 0.15) is 49.0 Å². The number of rotatable bonds is 8. The van der Waals surface area contributed by atoms with Crippen molar-refractivity contribution in [1.82, 2.24) is 0 Å². The fourth-order valence-electron chi connectivity index (χ4n) is 5.50. The van der Waals surface area contributed by atoms with Gasteiger partial charge < -0.3 is 29.1 Å². The highest BCUT2D eigenvalue weighted by molar-refractivity contribution is 6.06. The van der Waals surface area contributed by atoms with E-state index in [9.17, 15) is 19.5 Å². The molecule has 0 spiro atoms. The van der Waals surface area contributed by atoms with Crippen LogP contribution < -0.4 is 24.4 Å². The number of aliphatic carboxylic acids is 1. The Bertz CT molecular complexity index is 1450. The molecule has 1 aliphatic carbocycles. The van der Waals surface area contributed by atoms with E-state index < -0.39 is 17.9 Å². The topological polar surface area (TPSA) is 128 Å². The number of ketones is 1. The van der Waals surface area contributed by atoms with Crippen molar-refractivity contribution in [3.63, 3.8) is 0 Å². The molecule has 0 saturated carbocycles. The largest absolute Gasteiger partial charge is 0.493 e. The number of carbonyl (C=O) groups is 3. The molecule has 2 heterocycles. The number of fused-ring (bicyclic) bond motifs is 1. The molecule has 3 aromatic rings. The van der Waals surface area contributed by atoms with Crippen molar-refractivity contribution in [2.75, 3.05) is 31.5 Å². The number of Topliss-reactive ketones (excluding diaryl/α,β-unsaturated/α-hetero) is 1. The van der Waals surface area contributed by atoms with Crippen LogP contribution in [0.15, 0.2) is 70.5 Å². The number of carboxylic acid groups (broad SMARTS) is 1. The number of nitrogens with one attached hydrogen (secondary N) is 1. The number of anilines is 2. The molecule has 10 nitrogen and oxygen atoms in total. The summed E-state index contributed by atoms with van der Waals surface area (Å²) in [5, 5.41) is 12.8. The third-order valence-corrected chi connectivity index (χ3v) is 7.26. The van der Waals surface area contributed by atoms with E-state index in [0.29, 0.717) is 57.6 Å². The van der Waals surface area contributed by atoms with Gasteiger partial charge in [-0.05, 0) is 48.4 Å². The van der Waals surface area contributed by atoms with Gasteiger partial charge >= 0.3 is 5.97 Å². The molecule has 0 bridgehead atoms. The molecule has 1 amide bonds. The van der Waals surface area contributed by atoms with Gasteiger partial charge in [-0.15, -0.1) is 0 Å².